The SMILES string of the molecule is COC(=O)c1ccccc1-c1cc(C(=O)c2ccccc2)cc(N(Cc2ncc(C)c(OC)c2C)C(=O)OC(C)(C)C)c1. The number of hydrogen-bond acceptors (Lipinski definition) is 7. The minimum atomic E-state index is -0.791. The summed E-state index contributed by atoms with van der Waals surface area (Å²) in [7, 11) is 2.91. The van der Waals surface area contributed by atoms with Gasteiger partial charge in [-0.05, 0) is 70.0 Å². The van der Waals surface area contributed by atoms with E-state index in [0.717, 1.165) is 11.1 Å². The number of nitrogens with zero attached hydrogens (tertiary/aromatic N) is 2. The van der Waals surface area contributed by atoms with Crippen molar-refractivity contribution in [3.05, 3.63) is 113 Å². The lowest BCUT2D eigenvalue weighted by atomic mass is 9.94. The Bertz CT molecular complexity index is 1660. The summed E-state index contributed by atoms with van der Waals surface area (Å²) in [5.74, 6) is -0.0861. The highest BCUT2D eigenvalue weighted by Crippen LogP contribution is 2.33. The van der Waals surface area contributed by atoms with Crippen molar-refractivity contribution in [3.8, 4) is 16.9 Å². The molecule has 4 aromatic rings. The van der Waals surface area contributed by atoms with E-state index < -0.39 is 17.7 Å². The first-order valence-corrected chi connectivity index (χ1v) is 13.9. The normalized spacial score (nSPS) is 11.0. The van der Waals surface area contributed by atoms with Gasteiger partial charge in [0.15, 0.2) is 5.78 Å². The van der Waals surface area contributed by atoms with Crippen molar-refractivity contribution in [3.63, 3.8) is 0 Å². The lowest BCUT2D eigenvalue weighted by Crippen LogP contribution is -2.37. The molecule has 0 saturated heterocycles. The van der Waals surface area contributed by atoms with Crippen molar-refractivity contribution < 1.29 is 28.6 Å². The molecule has 4 rings (SSSR count). The second-order valence-corrected chi connectivity index (χ2v) is 11.1. The van der Waals surface area contributed by atoms with Crippen molar-refractivity contribution >= 4 is 23.5 Å². The molecule has 0 N–H and O–H groups in total. The number of carbonyl (C=O) groups excluding carboxylic acids is 3. The fourth-order valence-corrected chi connectivity index (χ4v) is 4.79. The maximum atomic E-state index is 13.8. The van der Waals surface area contributed by atoms with Crippen LogP contribution in [0.15, 0.2) is 79.0 Å². The molecule has 0 atom stereocenters. The number of ether oxygens (including phenoxy) is 3. The van der Waals surface area contributed by atoms with Gasteiger partial charge in [-0.15, -0.1) is 0 Å². The summed E-state index contributed by atoms with van der Waals surface area (Å²) in [5, 5.41) is 0. The number of pyridine rings is 1. The van der Waals surface area contributed by atoms with Gasteiger partial charge in [-0.25, -0.2) is 9.59 Å². The molecule has 0 aliphatic carbocycles. The van der Waals surface area contributed by atoms with Gasteiger partial charge in [-0.2, -0.15) is 0 Å². The van der Waals surface area contributed by atoms with E-state index in [9.17, 15) is 14.4 Å². The van der Waals surface area contributed by atoms with E-state index in [1.807, 2.05) is 19.9 Å². The molecule has 222 valence electrons. The van der Waals surface area contributed by atoms with Crippen LogP contribution in [0.4, 0.5) is 10.5 Å². The first-order chi connectivity index (χ1) is 20.4. The van der Waals surface area contributed by atoms with E-state index in [1.54, 1.807) is 101 Å². The fourth-order valence-electron chi connectivity index (χ4n) is 4.79. The number of rotatable bonds is 8. The Hall–Kier alpha value is -4.98. The van der Waals surface area contributed by atoms with Crippen molar-refractivity contribution in [1.29, 1.82) is 0 Å². The first kappa shape index (κ1) is 31.0. The molecule has 3 aromatic carbocycles. The third-order valence-electron chi connectivity index (χ3n) is 6.84. The molecule has 1 amide bonds. The number of carbonyl (C=O) groups is 3. The van der Waals surface area contributed by atoms with E-state index in [0.29, 0.717) is 44.9 Å². The second kappa shape index (κ2) is 12.9. The van der Waals surface area contributed by atoms with Crippen LogP contribution in [0.25, 0.3) is 11.1 Å². The van der Waals surface area contributed by atoms with E-state index in [-0.39, 0.29) is 12.3 Å². The summed E-state index contributed by atoms with van der Waals surface area (Å²) < 4.78 is 16.5. The van der Waals surface area contributed by atoms with Crippen LogP contribution < -0.4 is 9.64 Å². The van der Waals surface area contributed by atoms with Crippen LogP contribution in [0, 0.1) is 13.8 Å². The molecule has 1 aromatic heterocycles. The third-order valence-corrected chi connectivity index (χ3v) is 6.84. The number of benzene rings is 3. The van der Waals surface area contributed by atoms with Gasteiger partial charge in [0.05, 0.1) is 32.0 Å². The maximum absolute atomic E-state index is 13.8. The van der Waals surface area contributed by atoms with Crippen molar-refractivity contribution in [2.24, 2.45) is 0 Å². The number of aryl methyl sites for hydroxylation is 1. The zero-order valence-corrected chi connectivity index (χ0v) is 25.6. The molecule has 0 unspecified atom stereocenters. The van der Waals surface area contributed by atoms with E-state index in [4.69, 9.17) is 14.2 Å². The summed E-state index contributed by atoms with van der Waals surface area (Å²) in [6.07, 6.45) is 1.08. The Morgan fingerprint density at radius 1 is 0.860 bits per heavy atom. The van der Waals surface area contributed by atoms with E-state index in [1.165, 1.54) is 12.0 Å². The van der Waals surface area contributed by atoms with Gasteiger partial charge in [0.2, 0.25) is 0 Å². The number of anilines is 1. The number of ketones is 1. The van der Waals surface area contributed by atoms with Crippen LogP contribution in [0.1, 0.15) is 63.9 Å². The smallest absolute Gasteiger partial charge is 0.415 e. The minimum Gasteiger partial charge on any atom is -0.496 e. The van der Waals surface area contributed by atoms with Gasteiger partial charge in [0.1, 0.15) is 11.4 Å². The Balaban J connectivity index is 1.96. The average molecular weight is 581 g/mol. The molecular weight excluding hydrogens is 544 g/mol. The number of amides is 1. The Morgan fingerprint density at radius 2 is 1.53 bits per heavy atom. The Labute approximate surface area is 252 Å². The van der Waals surface area contributed by atoms with Gasteiger partial charge in [-0.1, -0.05) is 48.5 Å². The maximum Gasteiger partial charge on any atom is 0.415 e. The van der Waals surface area contributed by atoms with Crippen LogP contribution in [0.3, 0.4) is 0 Å². The molecule has 8 nitrogen and oxygen atoms in total. The Kier molecular flexibility index (Phi) is 9.29. The van der Waals surface area contributed by atoms with Crippen LogP contribution in [-0.4, -0.2) is 42.7 Å². The third kappa shape index (κ3) is 7.09. The molecule has 0 saturated carbocycles. The second-order valence-electron chi connectivity index (χ2n) is 11.1. The van der Waals surface area contributed by atoms with Gasteiger partial charge in [0.25, 0.3) is 0 Å². The van der Waals surface area contributed by atoms with Crippen LogP contribution in [0.5, 0.6) is 5.75 Å². The monoisotopic (exact) mass is 580 g/mol. The van der Waals surface area contributed by atoms with Crippen LogP contribution >= 0.6 is 0 Å². The molecule has 0 bridgehead atoms. The highest BCUT2D eigenvalue weighted by Gasteiger charge is 2.27. The van der Waals surface area contributed by atoms with Crippen molar-refractivity contribution in [1.82, 2.24) is 4.98 Å². The summed E-state index contributed by atoms with van der Waals surface area (Å²) in [6, 6.07) is 21.0. The lowest BCUT2D eigenvalue weighted by molar-refractivity contribution is 0.0573. The minimum absolute atomic E-state index is 0.0401. The summed E-state index contributed by atoms with van der Waals surface area (Å²) in [4.78, 5) is 46.3. The molecule has 0 radical (unpaired) electrons. The van der Waals surface area contributed by atoms with Crippen molar-refractivity contribution in [2.45, 2.75) is 46.8 Å². The molecular formula is C35H36N2O6. The van der Waals surface area contributed by atoms with Crippen LogP contribution in [-0.2, 0) is 16.0 Å². The molecule has 0 aliphatic rings. The molecule has 0 spiro atoms. The van der Waals surface area contributed by atoms with Gasteiger partial charge < -0.3 is 14.2 Å². The zero-order valence-electron chi connectivity index (χ0n) is 25.6. The molecule has 43 heavy (non-hydrogen) atoms. The van der Waals surface area contributed by atoms with Gasteiger partial charge in [-0.3, -0.25) is 14.7 Å². The standard InChI is InChI=1S/C35H36N2O6/c1-22-20-36-30(23(2)32(22)41-6)21-37(34(40)43-35(3,4)5)27-18-25(28-15-11-12-16-29(28)33(39)42-7)17-26(19-27)31(38)24-13-9-8-10-14-24/h8-20H,21H2,1-7H3. The van der Waals surface area contributed by atoms with Gasteiger partial charge in [0, 0.05) is 34.1 Å². The Morgan fingerprint density at radius 3 is 2.19 bits per heavy atom. The molecule has 8 heteroatoms. The largest absolute Gasteiger partial charge is 0.496 e. The molecule has 0 fully saturated rings. The fraction of sp³-hybridized carbons (Fsp3) is 0.257. The quantitative estimate of drug-likeness (QED) is 0.159. The average Bonchev–Trinajstić information content (AvgIpc) is 2.99. The molecule has 1 heterocycles. The first-order valence-electron chi connectivity index (χ1n) is 13.9. The summed E-state index contributed by atoms with van der Waals surface area (Å²) in [5.41, 5.74) is 4.09. The number of esters is 1. The van der Waals surface area contributed by atoms with Crippen LogP contribution in [0.2, 0.25) is 0 Å². The number of aromatic nitrogens is 1. The highest BCUT2D eigenvalue weighted by molar-refractivity contribution is 6.11. The summed E-state index contributed by atoms with van der Waals surface area (Å²) in [6.45, 7) is 9.18. The van der Waals surface area contributed by atoms with E-state index in [2.05, 4.69) is 4.98 Å². The lowest BCUT2D eigenvalue weighted by Gasteiger charge is -2.28. The topological polar surface area (TPSA) is 95.0 Å². The predicted octanol–water partition coefficient (Wildman–Crippen LogP) is 7.33. The number of hydrogen-bond donors (Lipinski definition) is 0. The summed E-state index contributed by atoms with van der Waals surface area (Å²) >= 11 is 0. The highest BCUT2D eigenvalue weighted by atomic mass is 16.6. The van der Waals surface area contributed by atoms with Crippen molar-refractivity contribution in [2.75, 3.05) is 19.1 Å². The zero-order chi connectivity index (χ0) is 31.3. The molecule has 0 aliphatic heterocycles. The predicted molar refractivity (Wildman–Crippen MR) is 166 cm³/mol. The van der Waals surface area contributed by atoms with Gasteiger partial charge >= 0.3 is 12.1 Å². The number of methoxy groups -OCH3 is 2. The van der Waals surface area contributed by atoms with E-state index >= 15 is 0 Å².